The minimum absolute atomic E-state index is 0.0257. The van der Waals surface area contributed by atoms with Gasteiger partial charge in [-0.1, -0.05) is 12.6 Å². The number of hydrogen-bond donors (Lipinski definition) is 1. The van der Waals surface area contributed by atoms with E-state index in [9.17, 15) is 17.6 Å². The van der Waals surface area contributed by atoms with Gasteiger partial charge in [0, 0.05) is 18.3 Å². The SMILES string of the molecule is C=C(NCc1cc(C(C)(C)F)cc(C(F)(F)F)c1)[C@H]1CCCN1C. The van der Waals surface area contributed by atoms with Crippen molar-refractivity contribution in [1.82, 2.24) is 10.2 Å². The van der Waals surface area contributed by atoms with Crippen molar-refractivity contribution in [2.45, 2.75) is 51.1 Å². The molecule has 1 aromatic rings. The standard InChI is InChI=1S/C18H24F4N2/c1-12(16-6-5-7-24(16)4)23-11-13-8-14(17(2,3)19)10-15(9-13)18(20,21)22/h8-10,16,23H,1,5-7,11H2,2-4H3/t16-/m1/s1. The monoisotopic (exact) mass is 344 g/mol. The average molecular weight is 344 g/mol. The van der Waals surface area contributed by atoms with Crippen LogP contribution in [-0.4, -0.2) is 24.5 Å². The van der Waals surface area contributed by atoms with E-state index in [1.54, 1.807) is 0 Å². The summed E-state index contributed by atoms with van der Waals surface area (Å²) in [5, 5.41) is 3.10. The minimum atomic E-state index is -4.50. The van der Waals surface area contributed by atoms with Gasteiger partial charge < -0.3 is 5.32 Å². The maximum Gasteiger partial charge on any atom is 0.416 e. The van der Waals surface area contributed by atoms with Crippen LogP contribution in [0.25, 0.3) is 0 Å². The molecule has 0 spiro atoms. The Kier molecular flexibility index (Phi) is 5.28. The summed E-state index contributed by atoms with van der Waals surface area (Å²) in [5.41, 5.74) is -1.46. The molecule has 2 nitrogen and oxygen atoms in total. The van der Waals surface area contributed by atoms with E-state index in [4.69, 9.17) is 0 Å². The fourth-order valence-electron chi connectivity index (χ4n) is 2.98. The highest BCUT2D eigenvalue weighted by molar-refractivity contribution is 5.35. The van der Waals surface area contributed by atoms with Gasteiger partial charge in [-0.2, -0.15) is 13.2 Å². The molecule has 134 valence electrons. The molecule has 1 aliphatic heterocycles. The van der Waals surface area contributed by atoms with Crippen molar-refractivity contribution >= 4 is 0 Å². The zero-order valence-corrected chi connectivity index (χ0v) is 14.3. The summed E-state index contributed by atoms with van der Waals surface area (Å²) in [7, 11) is 2.00. The van der Waals surface area contributed by atoms with Gasteiger partial charge in [0.2, 0.25) is 0 Å². The van der Waals surface area contributed by atoms with Crippen molar-refractivity contribution in [3.05, 3.63) is 47.2 Å². The third-order valence-electron chi connectivity index (χ3n) is 4.45. The second-order valence-electron chi connectivity index (χ2n) is 6.91. The number of nitrogens with zero attached hydrogens (tertiary/aromatic N) is 1. The number of halogens is 4. The Morgan fingerprint density at radius 2 is 1.83 bits per heavy atom. The van der Waals surface area contributed by atoms with Gasteiger partial charge in [-0.15, -0.1) is 0 Å². The van der Waals surface area contributed by atoms with E-state index in [1.807, 2.05) is 7.05 Å². The molecule has 1 atom stereocenters. The van der Waals surface area contributed by atoms with Gasteiger partial charge in [0.25, 0.3) is 0 Å². The molecule has 1 heterocycles. The number of benzene rings is 1. The molecule has 0 bridgehead atoms. The molecule has 0 saturated carbocycles. The van der Waals surface area contributed by atoms with E-state index in [-0.39, 0.29) is 18.2 Å². The molecule has 0 amide bonds. The molecule has 1 aliphatic rings. The molecule has 24 heavy (non-hydrogen) atoms. The lowest BCUT2D eigenvalue weighted by Gasteiger charge is -2.24. The number of nitrogens with one attached hydrogen (secondary N) is 1. The fourth-order valence-corrected chi connectivity index (χ4v) is 2.98. The smallest absolute Gasteiger partial charge is 0.383 e. The van der Waals surface area contributed by atoms with Crippen molar-refractivity contribution in [3.63, 3.8) is 0 Å². The second-order valence-corrected chi connectivity index (χ2v) is 6.91. The first kappa shape index (κ1) is 18.8. The lowest BCUT2D eigenvalue weighted by molar-refractivity contribution is -0.137. The molecule has 1 N–H and O–H groups in total. The Bertz CT molecular complexity index is 570. The third-order valence-corrected chi connectivity index (χ3v) is 4.45. The first-order chi connectivity index (χ1) is 11.0. The zero-order valence-electron chi connectivity index (χ0n) is 14.3. The Morgan fingerprint density at radius 1 is 1.21 bits per heavy atom. The Balaban J connectivity index is 2.18. The first-order valence-corrected chi connectivity index (χ1v) is 8.02. The van der Waals surface area contributed by atoms with E-state index in [0.717, 1.165) is 37.2 Å². The number of likely N-dealkylation sites (N-methyl/N-ethyl adjacent to an activating group) is 1. The first-order valence-electron chi connectivity index (χ1n) is 8.02. The fraction of sp³-hybridized carbons (Fsp3) is 0.556. The van der Waals surface area contributed by atoms with Crippen molar-refractivity contribution in [1.29, 1.82) is 0 Å². The summed E-state index contributed by atoms with van der Waals surface area (Å²) >= 11 is 0. The Labute approximate surface area is 140 Å². The summed E-state index contributed by atoms with van der Waals surface area (Å²) in [6, 6.07) is 3.61. The largest absolute Gasteiger partial charge is 0.416 e. The quantitative estimate of drug-likeness (QED) is 0.785. The van der Waals surface area contributed by atoms with E-state index in [2.05, 4.69) is 16.8 Å². The second kappa shape index (κ2) is 6.75. The topological polar surface area (TPSA) is 15.3 Å². The lowest BCUT2D eigenvalue weighted by atomic mass is 9.95. The summed E-state index contributed by atoms with van der Waals surface area (Å²) < 4.78 is 53.3. The number of alkyl halides is 4. The van der Waals surface area contributed by atoms with Crippen molar-refractivity contribution in [2.24, 2.45) is 0 Å². The normalized spacial score (nSPS) is 19.5. The van der Waals surface area contributed by atoms with E-state index in [1.165, 1.54) is 19.9 Å². The lowest BCUT2D eigenvalue weighted by Crippen LogP contribution is -2.32. The Hall–Kier alpha value is -1.56. The molecule has 6 heteroatoms. The summed E-state index contributed by atoms with van der Waals surface area (Å²) in [4.78, 5) is 2.16. The van der Waals surface area contributed by atoms with Crippen molar-refractivity contribution < 1.29 is 17.6 Å². The number of hydrogen-bond acceptors (Lipinski definition) is 2. The van der Waals surface area contributed by atoms with Gasteiger partial charge >= 0.3 is 6.18 Å². The number of rotatable bonds is 5. The molecule has 0 radical (unpaired) electrons. The van der Waals surface area contributed by atoms with Gasteiger partial charge in [0.05, 0.1) is 5.56 Å². The third kappa shape index (κ3) is 4.50. The van der Waals surface area contributed by atoms with E-state index < -0.39 is 17.4 Å². The predicted octanol–water partition coefficient (Wildman–Crippen LogP) is 4.61. The van der Waals surface area contributed by atoms with Gasteiger partial charge in [-0.05, 0) is 63.5 Å². The van der Waals surface area contributed by atoms with Crippen LogP contribution < -0.4 is 5.32 Å². The molecule has 1 aromatic carbocycles. The van der Waals surface area contributed by atoms with Crippen LogP contribution in [-0.2, 0) is 18.4 Å². The van der Waals surface area contributed by atoms with Crippen molar-refractivity contribution in [2.75, 3.05) is 13.6 Å². The van der Waals surface area contributed by atoms with Gasteiger partial charge in [0.15, 0.2) is 0 Å². The van der Waals surface area contributed by atoms with Crippen LogP contribution >= 0.6 is 0 Å². The molecule has 1 fully saturated rings. The molecule has 0 aliphatic carbocycles. The maximum absolute atomic E-state index is 14.2. The molecule has 2 rings (SSSR count). The zero-order chi connectivity index (χ0) is 18.1. The summed E-state index contributed by atoms with van der Waals surface area (Å²) in [6.45, 7) is 7.68. The van der Waals surface area contributed by atoms with Crippen LogP contribution in [0.4, 0.5) is 17.6 Å². The summed E-state index contributed by atoms with van der Waals surface area (Å²) in [6.07, 6.45) is -2.45. The van der Waals surface area contributed by atoms with Crippen LogP contribution in [0.1, 0.15) is 43.4 Å². The highest BCUT2D eigenvalue weighted by atomic mass is 19.4. The van der Waals surface area contributed by atoms with Crippen LogP contribution in [0, 0.1) is 0 Å². The van der Waals surface area contributed by atoms with Gasteiger partial charge in [0.1, 0.15) is 5.67 Å². The van der Waals surface area contributed by atoms with Crippen LogP contribution in [0.5, 0.6) is 0 Å². The Morgan fingerprint density at radius 3 is 2.33 bits per heavy atom. The van der Waals surface area contributed by atoms with Crippen LogP contribution in [0.2, 0.25) is 0 Å². The molecule has 0 unspecified atom stereocenters. The average Bonchev–Trinajstić information content (AvgIpc) is 2.89. The molecule has 0 aromatic heterocycles. The predicted molar refractivity (Wildman–Crippen MR) is 87.2 cm³/mol. The van der Waals surface area contributed by atoms with Gasteiger partial charge in [-0.3, -0.25) is 4.90 Å². The van der Waals surface area contributed by atoms with E-state index >= 15 is 0 Å². The van der Waals surface area contributed by atoms with Crippen molar-refractivity contribution in [3.8, 4) is 0 Å². The summed E-state index contributed by atoms with van der Waals surface area (Å²) in [5.74, 6) is 0. The number of likely N-dealkylation sites (tertiary alicyclic amines) is 1. The molecule has 1 saturated heterocycles. The highest BCUT2D eigenvalue weighted by Crippen LogP contribution is 2.34. The van der Waals surface area contributed by atoms with E-state index in [0.29, 0.717) is 5.56 Å². The minimum Gasteiger partial charge on any atom is -0.383 e. The molecular formula is C18H24F4N2. The van der Waals surface area contributed by atoms with Crippen LogP contribution in [0.15, 0.2) is 30.5 Å². The highest BCUT2D eigenvalue weighted by Gasteiger charge is 2.33. The maximum atomic E-state index is 14.2. The van der Waals surface area contributed by atoms with Crippen LogP contribution in [0.3, 0.4) is 0 Å². The molecular weight excluding hydrogens is 320 g/mol. The van der Waals surface area contributed by atoms with Gasteiger partial charge in [-0.25, -0.2) is 4.39 Å².